The van der Waals surface area contributed by atoms with Crippen LogP contribution in [0.15, 0.2) is 16.8 Å². The van der Waals surface area contributed by atoms with Gasteiger partial charge in [-0.1, -0.05) is 13.8 Å². The maximum atomic E-state index is 11.2. The SMILES string of the molecule is CC(C)CC(=O)OCCc1ccsc1. The van der Waals surface area contributed by atoms with Gasteiger partial charge in [-0.25, -0.2) is 0 Å². The molecule has 0 unspecified atom stereocenters. The van der Waals surface area contributed by atoms with Gasteiger partial charge in [0.1, 0.15) is 0 Å². The number of hydrogen-bond acceptors (Lipinski definition) is 3. The summed E-state index contributed by atoms with van der Waals surface area (Å²) in [5.41, 5.74) is 1.24. The van der Waals surface area contributed by atoms with Crippen LogP contribution in [0.2, 0.25) is 0 Å². The normalized spacial score (nSPS) is 10.5. The van der Waals surface area contributed by atoms with Crippen LogP contribution in [0.1, 0.15) is 25.8 Å². The van der Waals surface area contributed by atoms with Crippen molar-refractivity contribution < 1.29 is 9.53 Å². The van der Waals surface area contributed by atoms with Gasteiger partial charge in [-0.05, 0) is 28.3 Å². The maximum absolute atomic E-state index is 11.2. The molecule has 2 nitrogen and oxygen atoms in total. The highest BCUT2D eigenvalue weighted by Gasteiger charge is 2.05. The van der Waals surface area contributed by atoms with Crippen molar-refractivity contribution in [2.24, 2.45) is 5.92 Å². The van der Waals surface area contributed by atoms with Gasteiger partial charge < -0.3 is 4.74 Å². The minimum absolute atomic E-state index is 0.0878. The Labute approximate surface area is 88.9 Å². The van der Waals surface area contributed by atoms with Crippen LogP contribution in [-0.2, 0) is 16.0 Å². The summed E-state index contributed by atoms with van der Waals surface area (Å²) >= 11 is 1.67. The molecule has 0 saturated carbocycles. The van der Waals surface area contributed by atoms with Crippen LogP contribution in [-0.4, -0.2) is 12.6 Å². The topological polar surface area (TPSA) is 26.3 Å². The molecule has 0 saturated heterocycles. The number of thiophene rings is 1. The molecule has 0 aromatic carbocycles. The molecule has 1 rings (SSSR count). The van der Waals surface area contributed by atoms with E-state index in [1.54, 1.807) is 11.3 Å². The van der Waals surface area contributed by atoms with Gasteiger partial charge in [0.25, 0.3) is 0 Å². The Hall–Kier alpha value is -0.830. The lowest BCUT2D eigenvalue weighted by molar-refractivity contribution is -0.144. The predicted octanol–water partition coefficient (Wildman–Crippen LogP) is 2.88. The molecule has 78 valence electrons. The van der Waals surface area contributed by atoms with E-state index in [4.69, 9.17) is 4.74 Å². The van der Waals surface area contributed by atoms with Crippen molar-refractivity contribution in [1.29, 1.82) is 0 Å². The smallest absolute Gasteiger partial charge is 0.306 e. The average molecular weight is 212 g/mol. The summed E-state index contributed by atoms with van der Waals surface area (Å²) in [7, 11) is 0. The summed E-state index contributed by atoms with van der Waals surface area (Å²) < 4.78 is 5.09. The molecule has 1 aromatic rings. The lowest BCUT2D eigenvalue weighted by atomic mass is 10.1. The second-order valence-corrected chi connectivity index (χ2v) is 4.48. The number of carbonyl (C=O) groups excluding carboxylic acids is 1. The molecule has 0 amide bonds. The first-order chi connectivity index (χ1) is 6.68. The first kappa shape index (κ1) is 11.2. The second kappa shape index (κ2) is 5.81. The molecule has 1 aromatic heterocycles. The van der Waals surface area contributed by atoms with Crippen LogP contribution in [0.4, 0.5) is 0 Å². The van der Waals surface area contributed by atoms with Crippen LogP contribution in [0.3, 0.4) is 0 Å². The monoisotopic (exact) mass is 212 g/mol. The molecule has 0 spiro atoms. The Morgan fingerprint density at radius 1 is 1.57 bits per heavy atom. The Kier molecular flexibility index (Phi) is 4.66. The van der Waals surface area contributed by atoms with Crippen LogP contribution < -0.4 is 0 Å². The van der Waals surface area contributed by atoms with E-state index in [-0.39, 0.29) is 5.97 Å². The third-order valence-corrected chi connectivity index (χ3v) is 2.54. The highest BCUT2D eigenvalue weighted by molar-refractivity contribution is 7.07. The average Bonchev–Trinajstić information content (AvgIpc) is 2.55. The third kappa shape index (κ3) is 4.42. The van der Waals surface area contributed by atoms with Gasteiger partial charge in [0.2, 0.25) is 0 Å². The number of ether oxygens (including phenoxy) is 1. The predicted molar refractivity (Wildman–Crippen MR) is 58.4 cm³/mol. The van der Waals surface area contributed by atoms with Crippen molar-refractivity contribution in [2.75, 3.05) is 6.61 Å². The van der Waals surface area contributed by atoms with E-state index in [2.05, 4.69) is 11.4 Å². The molecular formula is C11H16O2S. The van der Waals surface area contributed by atoms with E-state index >= 15 is 0 Å². The van der Waals surface area contributed by atoms with E-state index in [0.29, 0.717) is 18.9 Å². The third-order valence-electron chi connectivity index (χ3n) is 1.81. The molecule has 0 aliphatic carbocycles. The maximum Gasteiger partial charge on any atom is 0.306 e. The largest absolute Gasteiger partial charge is 0.465 e. The Balaban J connectivity index is 2.12. The highest BCUT2D eigenvalue weighted by Crippen LogP contribution is 2.07. The fourth-order valence-electron chi connectivity index (χ4n) is 1.11. The van der Waals surface area contributed by atoms with Crippen molar-refractivity contribution >= 4 is 17.3 Å². The van der Waals surface area contributed by atoms with Crippen molar-refractivity contribution in [3.8, 4) is 0 Å². The van der Waals surface area contributed by atoms with Gasteiger partial charge in [0, 0.05) is 12.8 Å². The molecule has 0 aliphatic heterocycles. The van der Waals surface area contributed by atoms with Gasteiger partial charge in [-0.2, -0.15) is 11.3 Å². The number of rotatable bonds is 5. The number of hydrogen-bond donors (Lipinski definition) is 0. The molecule has 3 heteroatoms. The van der Waals surface area contributed by atoms with Gasteiger partial charge >= 0.3 is 5.97 Å². The minimum Gasteiger partial charge on any atom is -0.465 e. The zero-order valence-corrected chi connectivity index (χ0v) is 9.47. The van der Waals surface area contributed by atoms with Crippen LogP contribution in [0.5, 0.6) is 0 Å². The molecule has 0 atom stereocenters. The van der Waals surface area contributed by atoms with E-state index in [9.17, 15) is 4.79 Å². The van der Waals surface area contributed by atoms with Crippen molar-refractivity contribution in [3.05, 3.63) is 22.4 Å². The van der Waals surface area contributed by atoms with Crippen LogP contribution in [0.25, 0.3) is 0 Å². The molecule has 1 heterocycles. The highest BCUT2D eigenvalue weighted by atomic mass is 32.1. The second-order valence-electron chi connectivity index (χ2n) is 3.70. The Morgan fingerprint density at radius 2 is 2.36 bits per heavy atom. The van der Waals surface area contributed by atoms with Gasteiger partial charge in [-0.15, -0.1) is 0 Å². The Morgan fingerprint density at radius 3 is 2.93 bits per heavy atom. The van der Waals surface area contributed by atoms with Crippen molar-refractivity contribution in [2.45, 2.75) is 26.7 Å². The summed E-state index contributed by atoms with van der Waals surface area (Å²) in [6, 6.07) is 2.06. The Bertz CT molecular complexity index is 265. The lowest BCUT2D eigenvalue weighted by Crippen LogP contribution is -2.09. The summed E-state index contributed by atoms with van der Waals surface area (Å²) in [5, 5.41) is 4.11. The summed E-state index contributed by atoms with van der Waals surface area (Å²) in [4.78, 5) is 11.2. The van der Waals surface area contributed by atoms with Crippen molar-refractivity contribution in [3.63, 3.8) is 0 Å². The quantitative estimate of drug-likeness (QED) is 0.701. The number of esters is 1. The van der Waals surface area contributed by atoms with Crippen LogP contribution in [0, 0.1) is 5.92 Å². The fraction of sp³-hybridized carbons (Fsp3) is 0.545. The van der Waals surface area contributed by atoms with Crippen molar-refractivity contribution in [1.82, 2.24) is 0 Å². The first-order valence-corrected chi connectivity index (χ1v) is 5.79. The van der Waals surface area contributed by atoms with E-state index in [1.807, 2.05) is 19.2 Å². The molecule has 0 N–H and O–H groups in total. The van der Waals surface area contributed by atoms with Gasteiger partial charge in [0.05, 0.1) is 6.61 Å². The summed E-state index contributed by atoms with van der Waals surface area (Å²) in [6.07, 6.45) is 1.34. The lowest BCUT2D eigenvalue weighted by Gasteiger charge is -2.05. The molecule has 0 radical (unpaired) electrons. The fourth-order valence-corrected chi connectivity index (χ4v) is 1.81. The van der Waals surface area contributed by atoms with Gasteiger partial charge in [-0.3, -0.25) is 4.79 Å². The number of carbonyl (C=O) groups is 1. The first-order valence-electron chi connectivity index (χ1n) is 4.85. The molecular weight excluding hydrogens is 196 g/mol. The minimum atomic E-state index is -0.0878. The molecule has 0 aliphatic rings. The van der Waals surface area contributed by atoms with E-state index < -0.39 is 0 Å². The van der Waals surface area contributed by atoms with Crippen LogP contribution >= 0.6 is 11.3 Å². The van der Waals surface area contributed by atoms with Gasteiger partial charge in [0.15, 0.2) is 0 Å². The standard InChI is InChI=1S/C11H16O2S/c1-9(2)7-11(12)13-5-3-10-4-6-14-8-10/h4,6,8-9H,3,5,7H2,1-2H3. The molecule has 0 fully saturated rings. The summed E-state index contributed by atoms with van der Waals surface area (Å²) in [6.45, 7) is 4.53. The summed E-state index contributed by atoms with van der Waals surface area (Å²) in [5.74, 6) is 0.291. The zero-order valence-electron chi connectivity index (χ0n) is 8.66. The van der Waals surface area contributed by atoms with E-state index in [1.165, 1.54) is 5.56 Å². The zero-order chi connectivity index (χ0) is 10.4. The van der Waals surface area contributed by atoms with E-state index in [0.717, 1.165) is 6.42 Å². The molecule has 0 bridgehead atoms. The molecule has 14 heavy (non-hydrogen) atoms.